The Balaban J connectivity index is 3.06. The monoisotopic (exact) mass is 288 g/mol. The maximum absolute atomic E-state index is 11.9. The summed E-state index contributed by atoms with van der Waals surface area (Å²) in [4.78, 5) is 10.8. The second-order valence-corrected chi connectivity index (χ2v) is 6.21. The van der Waals surface area contributed by atoms with E-state index in [0.29, 0.717) is 12.8 Å². The molecule has 0 saturated carbocycles. The van der Waals surface area contributed by atoms with Crippen LogP contribution in [0.15, 0.2) is 35.7 Å². The molecule has 4 nitrogen and oxygen atoms in total. The van der Waals surface area contributed by atoms with Crippen molar-refractivity contribution in [2.45, 2.75) is 17.7 Å². The molecule has 0 spiro atoms. The number of rotatable bonds is 6. The normalized spacial score (nSPS) is 11.2. The van der Waals surface area contributed by atoms with Gasteiger partial charge in [0.15, 0.2) is 9.84 Å². The second-order valence-electron chi connectivity index (χ2n) is 3.70. The molecule has 0 bridgehead atoms. The Morgan fingerprint density at radius 2 is 2.11 bits per heavy atom. The molecule has 0 heterocycles. The van der Waals surface area contributed by atoms with Crippen LogP contribution in [0.25, 0.3) is 0 Å². The first-order valence-electron chi connectivity index (χ1n) is 5.25. The van der Waals surface area contributed by atoms with Gasteiger partial charge in [0, 0.05) is 0 Å². The Morgan fingerprint density at radius 1 is 1.44 bits per heavy atom. The van der Waals surface area contributed by atoms with Gasteiger partial charge >= 0.3 is 5.97 Å². The molecule has 6 heteroatoms. The van der Waals surface area contributed by atoms with E-state index in [1.54, 1.807) is 6.08 Å². The van der Waals surface area contributed by atoms with E-state index in [4.69, 9.17) is 16.7 Å². The SMILES string of the molecule is C=CCCCS(=O)(=O)c1ccc(Cl)c(C(=O)O)c1. The number of carboxylic acids is 1. The van der Waals surface area contributed by atoms with E-state index >= 15 is 0 Å². The molecular weight excluding hydrogens is 276 g/mol. The summed E-state index contributed by atoms with van der Waals surface area (Å²) in [5, 5.41) is 8.90. The molecule has 0 aliphatic carbocycles. The van der Waals surface area contributed by atoms with Crippen LogP contribution in [0.5, 0.6) is 0 Å². The topological polar surface area (TPSA) is 71.4 Å². The largest absolute Gasteiger partial charge is 0.478 e. The third kappa shape index (κ3) is 3.58. The van der Waals surface area contributed by atoms with Crippen molar-refractivity contribution in [3.63, 3.8) is 0 Å². The van der Waals surface area contributed by atoms with Crippen molar-refractivity contribution >= 4 is 27.4 Å². The van der Waals surface area contributed by atoms with E-state index in [9.17, 15) is 13.2 Å². The van der Waals surface area contributed by atoms with Gasteiger partial charge in [0.1, 0.15) is 0 Å². The number of unbranched alkanes of at least 4 members (excludes halogenated alkanes) is 1. The molecule has 0 saturated heterocycles. The van der Waals surface area contributed by atoms with Crippen LogP contribution >= 0.6 is 11.6 Å². The van der Waals surface area contributed by atoms with E-state index in [1.807, 2.05) is 0 Å². The Bertz CT molecular complexity index is 563. The minimum absolute atomic E-state index is 0.0200. The standard InChI is InChI=1S/C12H13ClO4S/c1-2-3-4-7-18(16,17)9-5-6-11(13)10(8-9)12(14)15/h2,5-6,8H,1,3-4,7H2,(H,14,15). The summed E-state index contributed by atoms with van der Waals surface area (Å²) in [5.41, 5.74) is -0.207. The van der Waals surface area contributed by atoms with Gasteiger partial charge in [0.05, 0.1) is 21.2 Å². The summed E-state index contributed by atoms with van der Waals surface area (Å²) >= 11 is 5.68. The van der Waals surface area contributed by atoms with Gasteiger partial charge in [-0.25, -0.2) is 13.2 Å². The van der Waals surface area contributed by atoms with Gasteiger partial charge in [0.25, 0.3) is 0 Å². The zero-order valence-corrected chi connectivity index (χ0v) is 11.2. The Kier molecular flexibility index (Phi) is 4.93. The zero-order valence-electron chi connectivity index (χ0n) is 9.60. The van der Waals surface area contributed by atoms with Crippen LogP contribution in [0.4, 0.5) is 0 Å². The van der Waals surface area contributed by atoms with Crippen molar-refractivity contribution in [2.24, 2.45) is 0 Å². The van der Waals surface area contributed by atoms with Crippen molar-refractivity contribution in [1.82, 2.24) is 0 Å². The zero-order chi connectivity index (χ0) is 13.8. The van der Waals surface area contributed by atoms with Crippen molar-refractivity contribution in [3.8, 4) is 0 Å². The van der Waals surface area contributed by atoms with Crippen LogP contribution in [0.1, 0.15) is 23.2 Å². The molecule has 1 N–H and O–H groups in total. The number of sulfone groups is 1. The molecule has 1 aromatic carbocycles. The lowest BCUT2D eigenvalue weighted by Gasteiger charge is -2.06. The molecular formula is C12H13ClO4S. The van der Waals surface area contributed by atoms with Crippen LogP contribution in [0.2, 0.25) is 5.02 Å². The average molecular weight is 289 g/mol. The molecule has 18 heavy (non-hydrogen) atoms. The molecule has 0 radical (unpaired) electrons. The van der Waals surface area contributed by atoms with E-state index < -0.39 is 15.8 Å². The minimum Gasteiger partial charge on any atom is -0.478 e. The van der Waals surface area contributed by atoms with Crippen molar-refractivity contribution in [1.29, 1.82) is 0 Å². The Morgan fingerprint density at radius 3 is 2.67 bits per heavy atom. The predicted molar refractivity (Wildman–Crippen MR) is 69.9 cm³/mol. The molecule has 0 fully saturated rings. The lowest BCUT2D eigenvalue weighted by molar-refractivity contribution is 0.0697. The van der Waals surface area contributed by atoms with Crippen molar-refractivity contribution in [2.75, 3.05) is 5.75 Å². The van der Waals surface area contributed by atoms with Crippen LogP contribution in [-0.4, -0.2) is 25.2 Å². The summed E-state index contributed by atoms with van der Waals surface area (Å²) in [7, 11) is -3.48. The van der Waals surface area contributed by atoms with E-state index in [1.165, 1.54) is 12.1 Å². The number of halogens is 1. The van der Waals surface area contributed by atoms with Crippen LogP contribution in [-0.2, 0) is 9.84 Å². The summed E-state index contributed by atoms with van der Waals surface area (Å²) in [6.45, 7) is 3.51. The van der Waals surface area contributed by atoms with Gasteiger partial charge in [-0.2, -0.15) is 0 Å². The minimum atomic E-state index is -3.48. The fourth-order valence-corrected chi connectivity index (χ4v) is 2.95. The van der Waals surface area contributed by atoms with Crippen LogP contribution < -0.4 is 0 Å². The quantitative estimate of drug-likeness (QED) is 0.645. The fourth-order valence-electron chi connectivity index (χ4n) is 1.40. The van der Waals surface area contributed by atoms with E-state index in [-0.39, 0.29) is 21.2 Å². The molecule has 0 amide bonds. The van der Waals surface area contributed by atoms with Gasteiger partial charge in [-0.05, 0) is 31.0 Å². The summed E-state index contributed by atoms with van der Waals surface area (Å²) in [6, 6.07) is 3.69. The molecule has 0 atom stereocenters. The van der Waals surface area contributed by atoms with Crippen molar-refractivity contribution in [3.05, 3.63) is 41.4 Å². The first kappa shape index (κ1) is 14.7. The highest BCUT2D eigenvalue weighted by molar-refractivity contribution is 7.91. The number of hydrogen-bond donors (Lipinski definition) is 1. The summed E-state index contributed by atoms with van der Waals surface area (Å²) in [6.07, 6.45) is 2.69. The molecule has 0 aliphatic rings. The van der Waals surface area contributed by atoms with Gasteiger partial charge < -0.3 is 5.11 Å². The van der Waals surface area contributed by atoms with Gasteiger partial charge in [-0.15, -0.1) is 6.58 Å². The van der Waals surface area contributed by atoms with Crippen molar-refractivity contribution < 1.29 is 18.3 Å². The van der Waals surface area contributed by atoms with Gasteiger partial charge in [-0.3, -0.25) is 0 Å². The van der Waals surface area contributed by atoms with Crippen LogP contribution in [0.3, 0.4) is 0 Å². The summed E-state index contributed by atoms with van der Waals surface area (Å²) < 4.78 is 23.8. The Labute approximate surface area is 111 Å². The number of benzene rings is 1. The molecule has 98 valence electrons. The average Bonchev–Trinajstić information content (AvgIpc) is 2.29. The predicted octanol–water partition coefficient (Wildman–Crippen LogP) is 2.78. The maximum atomic E-state index is 11.9. The molecule has 0 unspecified atom stereocenters. The number of carbonyl (C=O) groups is 1. The summed E-state index contributed by atoms with van der Waals surface area (Å²) in [5.74, 6) is -1.29. The first-order valence-corrected chi connectivity index (χ1v) is 7.28. The second kappa shape index (κ2) is 6.02. The molecule has 1 aromatic rings. The molecule has 0 aliphatic heterocycles. The number of aromatic carboxylic acids is 1. The molecule has 1 rings (SSSR count). The van der Waals surface area contributed by atoms with E-state index in [0.717, 1.165) is 6.07 Å². The highest BCUT2D eigenvalue weighted by Crippen LogP contribution is 2.21. The third-order valence-electron chi connectivity index (χ3n) is 2.35. The number of carboxylic acid groups (broad SMARTS) is 1. The number of hydrogen-bond acceptors (Lipinski definition) is 3. The maximum Gasteiger partial charge on any atom is 0.337 e. The highest BCUT2D eigenvalue weighted by Gasteiger charge is 2.17. The fraction of sp³-hybridized carbons (Fsp3) is 0.250. The van der Waals surface area contributed by atoms with Crippen LogP contribution in [0, 0.1) is 0 Å². The van der Waals surface area contributed by atoms with Gasteiger partial charge in [-0.1, -0.05) is 17.7 Å². The van der Waals surface area contributed by atoms with E-state index in [2.05, 4.69) is 6.58 Å². The molecule has 0 aromatic heterocycles. The highest BCUT2D eigenvalue weighted by atomic mass is 35.5. The lowest BCUT2D eigenvalue weighted by atomic mass is 10.2. The third-order valence-corrected chi connectivity index (χ3v) is 4.48. The Hall–Kier alpha value is -1.33. The smallest absolute Gasteiger partial charge is 0.337 e. The first-order chi connectivity index (χ1) is 8.38. The number of allylic oxidation sites excluding steroid dienone is 1. The lowest BCUT2D eigenvalue weighted by Crippen LogP contribution is -2.08. The van der Waals surface area contributed by atoms with Gasteiger partial charge in [0.2, 0.25) is 0 Å².